The molecule has 2 N–H and O–H groups in total. The van der Waals surface area contributed by atoms with Gasteiger partial charge in [0.2, 0.25) is 0 Å². The minimum absolute atomic E-state index is 0.226. The molecule has 1 aliphatic heterocycles. The van der Waals surface area contributed by atoms with Gasteiger partial charge in [-0.3, -0.25) is 4.99 Å². The fraction of sp³-hybridized carbons (Fsp3) is 0.643. The number of amides is 1. The number of piperazine rings is 1. The molecule has 0 aromatic rings. The van der Waals surface area contributed by atoms with Gasteiger partial charge in [0.15, 0.2) is 0 Å². The molecule has 1 saturated heterocycles. The van der Waals surface area contributed by atoms with Crippen LogP contribution in [0.2, 0.25) is 0 Å². The van der Waals surface area contributed by atoms with Crippen molar-refractivity contribution in [2.45, 2.75) is 146 Å². The average Bonchev–Trinajstić information content (AvgIpc) is 3.03. The lowest BCUT2D eigenvalue weighted by molar-refractivity contribution is -0.0298. The van der Waals surface area contributed by atoms with E-state index < -0.39 is 5.60 Å². The number of hydrogen-bond donors (Lipinski definition) is 1. The van der Waals surface area contributed by atoms with Crippen LogP contribution in [0.5, 0.6) is 0 Å². The zero-order valence-corrected chi connectivity index (χ0v) is 34.6. The van der Waals surface area contributed by atoms with E-state index in [0.29, 0.717) is 18.7 Å². The second-order valence-electron chi connectivity index (χ2n) is 14.6. The van der Waals surface area contributed by atoms with Crippen molar-refractivity contribution < 1.29 is 14.3 Å². The minimum Gasteiger partial charge on any atom is -0.444 e. The normalized spacial score (nSPS) is 15.5. The SMILES string of the molecule is C=C(/C=C(C#N)\C=C/CCC)CCC.COC(C)(C)C(C)(C)N.C\C=C(C)/C(C(/C)=N/C=C/CC)=C(/C)N1CCN(C(=O)OC(C)(C)C)CC1. The molecule has 1 heterocycles. The molecule has 1 aliphatic rings. The van der Waals surface area contributed by atoms with Crippen molar-refractivity contribution >= 4 is 11.8 Å². The third kappa shape index (κ3) is 20.3. The van der Waals surface area contributed by atoms with Gasteiger partial charge < -0.3 is 25.0 Å². The van der Waals surface area contributed by atoms with Crippen molar-refractivity contribution in [3.8, 4) is 6.07 Å². The van der Waals surface area contributed by atoms with E-state index in [1.807, 2.05) is 72.9 Å². The van der Waals surface area contributed by atoms with Crippen LogP contribution in [0.15, 0.2) is 76.1 Å². The highest BCUT2D eigenvalue weighted by Crippen LogP contribution is 2.23. The number of allylic oxidation sites excluding steroid dienone is 10. The Balaban J connectivity index is 0. The Kier molecular flexibility index (Phi) is 24.1. The summed E-state index contributed by atoms with van der Waals surface area (Å²) in [5.41, 5.74) is 11.2. The van der Waals surface area contributed by atoms with E-state index in [0.717, 1.165) is 56.5 Å². The first-order valence-electron chi connectivity index (χ1n) is 18.2. The molecule has 0 aromatic heterocycles. The van der Waals surface area contributed by atoms with Crippen LogP contribution in [0.4, 0.5) is 4.79 Å². The van der Waals surface area contributed by atoms with Crippen LogP contribution in [-0.2, 0) is 9.47 Å². The number of rotatable bonds is 13. The van der Waals surface area contributed by atoms with Crippen LogP contribution >= 0.6 is 0 Å². The maximum absolute atomic E-state index is 12.3. The smallest absolute Gasteiger partial charge is 0.410 e. The summed E-state index contributed by atoms with van der Waals surface area (Å²) < 4.78 is 10.7. The van der Waals surface area contributed by atoms with Crippen LogP contribution < -0.4 is 5.73 Å². The Hall–Kier alpha value is -3.41. The predicted molar refractivity (Wildman–Crippen MR) is 215 cm³/mol. The summed E-state index contributed by atoms with van der Waals surface area (Å²) in [4.78, 5) is 21.0. The highest BCUT2D eigenvalue weighted by atomic mass is 16.6. The molecule has 1 fully saturated rings. The molecule has 0 atom stereocenters. The summed E-state index contributed by atoms with van der Waals surface area (Å²) >= 11 is 0. The number of ether oxygens (including phenoxy) is 2. The quantitative estimate of drug-likeness (QED) is 0.117. The third-order valence-electron chi connectivity index (χ3n) is 8.44. The molecule has 1 rings (SSSR count). The molecular weight excluding hydrogens is 622 g/mol. The highest BCUT2D eigenvalue weighted by Gasteiger charge is 2.33. The molecule has 1 amide bonds. The summed E-state index contributed by atoms with van der Waals surface area (Å²) in [6, 6.07) is 2.16. The van der Waals surface area contributed by atoms with Gasteiger partial charge >= 0.3 is 6.09 Å². The molecule has 0 aliphatic carbocycles. The second-order valence-corrected chi connectivity index (χ2v) is 14.6. The monoisotopic (exact) mass is 696 g/mol. The first kappa shape index (κ1) is 48.7. The lowest BCUT2D eigenvalue weighted by atomic mass is 9.87. The average molecular weight is 696 g/mol. The summed E-state index contributed by atoms with van der Waals surface area (Å²) in [5.74, 6) is 0. The first-order valence-corrected chi connectivity index (χ1v) is 18.2. The number of nitrogens with zero attached hydrogens (tertiary/aromatic N) is 4. The van der Waals surface area contributed by atoms with E-state index in [1.54, 1.807) is 12.0 Å². The first-order chi connectivity index (χ1) is 23.2. The van der Waals surface area contributed by atoms with Crippen molar-refractivity contribution in [1.82, 2.24) is 9.80 Å². The van der Waals surface area contributed by atoms with E-state index >= 15 is 0 Å². The molecule has 8 heteroatoms. The van der Waals surface area contributed by atoms with E-state index in [9.17, 15) is 4.79 Å². The number of nitriles is 1. The number of hydrogen-bond acceptors (Lipinski definition) is 7. The third-order valence-corrected chi connectivity index (χ3v) is 8.44. The van der Waals surface area contributed by atoms with Crippen molar-refractivity contribution in [3.05, 3.63) is 71.1 Å². The summed E-state index contributed by atoms with van der Waals surface area (Å²) in [6.07, 6.45) is 16.8. The Morgan fingerprint density at radius 2 is 1.52 bits per heavy atom. The zero-order valence-electron chi connectivity index (χ0n) is 34.6. The second kappa shape index (κ2) is 24.7. The fourth-order valence-corrected chi connectivity index (χ4v) is 4.39. The number of aliphatic imine (C=N–C) groups is 1. The van der Waals surface area contributed by atoms with E-state index in [4.69, 9.17) is 20.5 Å². The largest absolute Gasteiger partial charge is 0.444 e. The van der Waals surface area contributed by atoms with Crippen molar-refractivity contribution in [2.75, 3.05) is 33.3 Å². The summed E-state index contributed by atoms with van der Waals surface area (Å²) in [6.45, 7) is 35.1. The van der Waals surface area contributed by atoms with Gasteiger partial charge in [-0.25, -0.2) is 4.79 Å². The molecule has 50 heavy (non-hydrogen) atoms. The Morgan fingerprint density at radius 1 is 0.960 bits per heavy atom. The van der Waals surface area contributed by atoms with Gasteiger partial charge in [-0.1, -0.05) is 64.0 Å². The van der Waals surface area contributed by atoms with E-state index in [1.165, 1.54) is 16.8 Å². The van der Waals surface area contributed by atoms with E-state index in [-0.39, 0.29) is 17.2 Å². The number of nitrogens with two attached hydrogens (primary N) is 1. The molecule has 0 bridgehead atoms. The molecule has 284 valence electrons. The number of unbranched alkanes of at least 4 members (excludes halogenated alkanes) is 1. The van der Waals surface area contributed by atoms with Gasteiger partial charge in [-0.15, -0.1) is 0 Å². The van der Waals surface area contributed by atoms with Crippen LogP contribution in [0, 0.1) is 11.3 Å². The van der Waals surface area contributed by atoms with Crippen molar-refractivity contribution in [3.63, 3.8) is 0 Å². The molecule has 0 unspecified atom stereocenters. The van der Waals surface area contributed by atoms with Gasteiger partial charge in [0.05, 0.1) is 17.2 Å². The molecular formula is C42H73N5O3. The Bertz CT molecular complexity index is 1250. The number of carbonyl (C=O) groups excluding carboxylic acids is 1. The lowest BCUT2D eigenvalue weighted by Crippen LogP contribution is -2.53. The van der Waals surface area contributed by atoms with Crippen molar-refractivity contribution in [2.24, 2.45) is 10.7 Å². The standard InChI is InChI=1S/C22H37N3O2.C13H19N.C7H17NO/c1-9-11-12-23-18(4)20(17(3)10-2)19(5)24-13-15-25(16-14-24)21(26)27-22(6,7)8;1-4-6-7-9-13(11-14)10-12(3)8-5-2;1-6(2,8)7(3,4)9-5/h10-12H,9,13-16H2,1-8H3;7,9-10H,3-6,8H2,1-2H3;8H2,1-5H3/b12-11+,17-10-,20-19+,23-18+;9-7-,13-10+;. The molecule has 0 saturated carbocycles. The highest BCUT2D eigenvalue weighted by molar-refractivity contribution is 6.02. The van der Waals surface area contributed by atoms with Crippen molar-refractivity contribution in [1.29, 1.82) is 5.26 Å². The lowest BCUT2D eigenvalue weighted by Gasteiger charge is -2.38. The molecule has 0 radical (unpaired) electrons. The van der Waals surface area contributed by atoms with Crippen LogP contribution in [0.1, 0.15) is 129 Å². The van der Waals surface area contributed by atoms with E-state index in [2.05, 4.69) is 83.2 Å². The number of methoxy groups -OCH3 is 1. The fourth-order valence-electron chi connectivity index (χ4n) is 4.39. The summed E-state index contributed by atoms with van der Waals surface area (Å²) in [7, 11) is 1.68. The predicted octanol–water partition coefficient (Wildman–Crippen LogP) is 10.5. The minimum atomic E-state index is -0.459. The number of carbonyl (C=O) groups is 1. The Labute approximate surface area is 307 Å². The van der Waals surface area contributed by atoms with Gasteiger partial charge in [0.1, 0.15) is 5.60 Å². The maximum Gasteiger partial charge on any atom is 0.410 e. The van der Waals surface area contributed by atoms with Gasteiger partial charge in [-0.05, 0) is 113 Å². The zero-order chi connectivity index (χ0) is 39.1. The summed E-state index contributed by atoms with van der Waals surface area (Å²) in [5, 5.41) is 8.83. The van der Waals surface area contributed by atoms with Gasteiger partial charge in [-0.2, -0.15) is 5.26 Å². The molecule has 0 aromatic carbocycles. The van der Waals surface area contributed by atoms with Gasteiger partial charge in [0.25, 0.3) is 0 Å². The maximum atomic E-state index is 12.3. The van der Waals surface area contributed by atoms with Crippen LogP contribution in [0.3, 0.4) is 0 Å². The molecule has 8 nitrogen and oxygen atoms in total. The van der Waals surface area contributed by atoms with Gasteiger partial charge in [0, 0.05) is 62.0 Å². The Morgan fingerprint density at radius 3 is 1.92 bits per heavy atom. The topological polar surface area (TPSA) is 104 Å². The van der Waals surface area contributed by atoms with Crippen LogP contribution in [0.25, 0.3) is 0 Å². The molecule has 0 spiro atoms. The van der Waals surface area contributed by atoms with Crippen LogP contribution in [-0.4, -0.2) is 71.6 Å².